The van der Waals surface area contributed by atoms with Crippen LogP contribution in [0.1, 0.15) is 5.82 Å². The molecule has 108 valence electrons. The molecule has 2 N–H and O–H groups in total. The Balaban J connectivity index is 1.90. The maximum Gasteiger partial charge on any atom is 0.255 e. The van der Waals surface area contributed by atoms with E-state index in [1.54, 1.807) is 16.9 Å². The molecule has 0 unspecified atom stereocenters. The molecule has 0 aliphatic rings. The quantitative estimate of drug-likeness (QED) is 0.609. The average molecular weight is 291 g/mol. The smallest absolute Gasteiger partial charge is 0.255 e. The summed E-state index contributed by atoms with van der Waals surface area (Å²) < 4.78 is 3.42. The van der Waals surface area contributed by atoms with Crippen LogP contribution in [0.25, 0.3) is 22.9 Å². The van der Waals surface area contributed by atoms with Crippen LogP contribution in [0.15, 0.2) is 48.9 Å². The Morgan fingerprint density at radius 3 is 2.73 bits per heavy atom. The highest BCUT2D eigenvalue weighted by molar-refractivity contribution is 5.68. The van der Waals surface area contributed by atoms with E-state index in [-0.39, 0.29) is 0 Å². The molecule has 22 heavy (non-hydrogen) atoms. The molecular weight excluding hydrogens is 278 g/mol. The third-order valence-corrected chi connectivity index (χ3v) is 3.46. The van der Waals surface area contributed by atoms with E-state index in [0.29, 0.717) is 17.4 Å². The average Bonchev–Trinajstić information content (AvgIpc) is 3.14. The Bertz CT molecular complexity index is 953. The van der Waals surface area contributed by atoms with Gasteiger partial charge < -0.3 is 5.73 Å². The zero-order chi connectivity index (χ0) is 15.1. The van der Waals surface area contributed by atoms with Crippen molar-refractivity contribution >= 4 is 11.5 Å². The first kappa shape index (κ1) is 12.5. The second kappa shape index (κ2) is 4.66. The number of fused-ring (bicyclic) bond motifs is 1. The number of imidazole rings is 1. The molecule has 0 saturated heterocycles. The Morgan fingerprint density at radius 1 is 1.09 bits per heavy atom. The number of aromatic nitrogens is 6. The number of nitrogen functional groups attached to an aromatic ring is 1. The summed E-state index contributed by atoms with van der Waals surface area (Å²) in [6.07, 6.45) is 5.28. The lowest BCUT2D eigenvalue weighted by Gasteiger charge is -2.03. The van der Waals surface area contributed by atoms with Crippen molar-refractivity contribution < 1.29 is 0 Å². The van der Waals surface area contributed by atoms with Gasteiger partial charge in [0.05, 0.1) is 5.69 Å². The van der Waals surface area contributed by atoms with Gasteiger partial charge in [0.15, 0.2) is 5.65 Å². The van der Waals surface area contributed by atoms with E-state index < -0.39 is 0 Å². The molecule has 7 nitrogen and oxygen atoms in total. The second-order valence-corrected chi connectivity index (χ2v) is 4.91. The van der Waals surface area contributed by atoms with Crippen LogP contribution in [0, 0.1) is 6.92 Å². The lowest BCUT2D eigenvalue weighted by atomic mass is 10.2. The van der Waals surface area contributed by atoms with Crippen LogP contribution in [-0.2, 0) is 0 Å². The third kappa shape index (κ3) is 1.91. The largest absolute Gasteiger partial charge is 0.384 e. The summed E-state index contributed by atoms with van der Waals surface area (Å²) >= 11 is 0. The molecule has 0 atom stereocenters. The van der Waals surface area contributed by atoms with Gasteiger partial charge in [-0.3, -0.25) is 9.55 Å². The summed E-state index contributed by atoms with van der Waals surface area (Å²) in [5, 5.41) is 4.43. The highest BCUT2D eigenvalue weighted by Gasteiger charge is 2.11. The Labute approximate surface area is 126 Å². The van der Waals surface area contributed by atoms with Gasteiger partial charge in [-0.15, -0.1) is 5.10 Å². The lowest BCUT2D eigenvalue weighted by molar-refractivity contribution is 0.863. The van der Waals surface area contributed by atoms with Crippen LogP contribution in [0.3, 0.4) is 0 Å². The molecule has 4 aromatic rings. The monoisotopic (exact) mass is 291 g/mol. The van der Waals surface area contributed by atoms with Crippen LogP contribution in [0.2, 0.25) is 0 Å². The number of nitrogens with zero attached hydrogens (tertiary/aromatic N) is 6. The summed E-state index contributed by atoms with van der Waals surface area (Å²) in [6, 6.07) is 9.51. The molecule has 0 aliphatic carbocycles. The first-order valence-corrected chi connectivity index (χ1v) is 6.80. The molecule has 0 saturated carbocycles. The van der Waals surface area contributed by atoms with Gasteiger partial charge in [0.25, 0.3) is 5.95 Å². The molecule has 0 fully saturated rings. The van der Waals surface area contributed by atoms with Crippen molar-refractivity contribution in [3.8, 4) is 17.2 Å². The summed E-state index contributed by atoms with van der Waals surface area (Å²) in [4.78, 5) is 13.1. The zero-order valence-corrected chi connectivity index (χ0v) is 11.9. The van der Waals surface area contributed by atoms with Gasteiger partial charge in [0.2, 0.25) is 0 Å². The molecule has 7 heteroatoms. The highest BCUT2D eigenvalue weighted by atomic mass is 15.4. The van der Waals surface area contributed by atoms with Gasteiger partial charge in [-0.25, -0.2) is 4.98 Å². The first-order valence-electron chi connectivity index (χ1n) is 6.80. The molecule has 0 bridgehead atoms. The topological polar surface area (TPSA) is 86.9 Å². The fourth-order valence-corrected chi connectivity index (χ4v) is 2.37. The van der Waals surface area contributed by atoms with Crippen molar-refractivity contribution in [2.75, 3.05) is 5.73 Å². The van der Waals surface area contributed by atoms with Gasteiger partial charge in [-0.2, -0.15) is 9.50 Å². The number of nitrogens with two attached hydrogens (primary N) is 1. The number of pyridine rings is 2. The summed E-state index contributed by atoms with van der Waals surface area (Å²) in [5.41, 5.74) is 8.53. The van der Waals surface area contributed by atoms with Gasteiger partial charge >= 0.3 is 0 Å². The van der Waals surface area contributed by atoms with Crippen LogP contribution in [0.5, 0.6) is 0 Å². The van der Waals surface area contributed by atoms with Crippen molar-refractivity contribution in [1.29, 1.82) is 0 Å². The SMILES string of the molecule is Cc1nccn1-c1nc2cc(-c3ccccn3)cc(N)n2n1. The molecule has 0 radical (unpaired) electrons. The molecule has 0 aliphatic heterocycles. The van der Waals surface area contributed by atoms with Gasteiger partial charge in [0.1, 0.15) is 11.6 Å². The Kier molecular flexibility index (Phi) is 2.65. The van der Waals surface area contributed by atoms with E-state index >= 15 is 0 Å². The normalized spacial score (nSPS) is 11.1. The summed E-state index contributed by atoms with van der Waals surface area (Å²) in [7, 11) is 0. The first-order chi connectivity index (χ1) is 10.7. The van der Waals surface area contributed by atoms with Crippen LogP contribution < -0.4 is 5.73 Å². The number of rotatable bonds is 2. The van der Waals surface area contributed by atoms with E-state index in [1.165, 1.54) is 0 Å². The van der Waals surface area contributed by atoms with E-state index in [4.69, 9.17) is 5.73 Å². The summed E-state index contributed by atoms with van der Waals surface area (Å²) in [5.74, 6) is 1.87. The fourth-order valence-electron chi connectivity index (χ4n) is 2.37. The second-order valence-electron chi connectivity index (χ2n) is 4.91. The number of hydrogen-bond acceptors (Lipinski definition) is 5. The van der Waals surface area contributed by atoms with E-state index in [2.05, 4.69) is 20.1 Å². The maximum absolute atomic E-state index is 6.11. The number of aryl methyl sites for hydroxylation is 1. The van der Waals surface area contributed by atoms with E-state index in [1.807, 2.05) is 48.0 Å². The summed E-state index contributed by atoms with van der Waals surface area (Å²) in [6.45, 7) is 1.90. The van der Waals surface area contributed by atoms with E-state index in [9.17, 15) is 0 Å². The van der Waals surface area contributed by atoms with Crippen molar-refractivity contribution in [3.05, 3.63) is 54.7 Å². The van der Waals surface area contributed by atoms with Crippen LogP contribution >= 0.6 is 0 Å². The molecular formula is C15H13N7. The zero-order valence-electron chi connectivity index (χ0n) is 11.9. The predicted octanol–water partition coefficient (Wildman–Crippen LogP) is 1.87. The Morgan fingerprint density at radius 2 is 2.00 bits per heavy atom. The predicted molar refractivity (Wildman–Crippen MR) is 82.5 cm³/mol. The molecule has 4 heterocycles. The van der Waals surface area contributed by atoms with E-state index in [0.717, 1.165) is 17.1 Å². The maximum atomic E-state index is 6.11. The van der Waals surface area contributed by atoms with Gasteiger partial charge in [0, 0.05) is 24.2 Å². The van der Waals surface area contributed by atoms with Crippen LogP contribution in [0.4, 0.5) is 5.82 Å². The molecule has 4 rings (SSSR count). The van der Waals surface area contributed by atoms with Gasteiger partial charge in [-0.05, 0) is 31.2 Å². The Hall–Kier alpha value is -3.22. The minimum Gasteiger partial charge on any atom is -0.384 e. The van der Waals surface area contributed by atoms with Crippen molar-refractivity contribution in [3.63, 3.8) is 0 Å². The fraction of sp³-hybridized carbons (Fsp3) is 0.0667. The van der Waals surface area contributed by atoms with Crippen molar-refractivity contribution in [2.45, 2.75) is 6.92 Å². The van der Waals surface area contributed by atoms with Crippen LogP contribution in [-0.4, -0.2) is 29.1 Å². The molecule has 4 aromatic heterocycles. The standard InChI is InChI=1S/C15H13N7/c1-10-17-6-7-21(10)15-19-14-9-11(8-13(16)22(14)20-15)12-4-2-3-5-18-12/h2-9H,16H2,1H3. The minimum absolute atomic E-state index is 0.509. The van der Waals surface area contributed by atoms with Crippen molar-refractivity contribution in [1.82, 2.24) is 29.1 Å². The lowest BCUT2D eigenvalue weighted by Crippen LogP contribution is -2.01. The number of hydrogen-bond donors (Lipinski definition) is 1. The highest BCUT2D eigenvalue weighted by Crippen LogP contribution is 2.22. The minimum atomic E-state index is 0.509. The molecule has 0 spiro atoms. The van der Waals surface area contributed by atoms with Crippen molar-refractivity contribution in [2.24, 2.45) is 0 Å². The third-order valence-electron chi connectivity index (χ3n) is 3.46. The number of anilines is 1. The molecule has 0 aromatic carbocycles. The molecule has 0 amide bonds. The van der Waals surface area contributed by atoms with Gasteiger partial charge in [-0.1, -0.05) is 6.07 Å².